The normalized spacial score (nSPS) is 11.0. The van der Waals surface area contributed by atoms with Crippen molar-refractivity contribution in [1.82, 2.24) is 14.0 Å². The highest BCUT2D eigenvalue weighted by Crippen LogP contribution is 2.04. The predicted molar refractivity (Wildman–Crippen MR) is 102 cm³/mol. The maximum Gasteiger partial charge on any atom is 0.332 e. The van der Waals surface area contributed by atoms with Crippen LogP contribution in [0.4, 0.5) is 5.82 Å². The zero-order chi connectivity index (χ0) is 18.2. The molecule has 0 aliphatic carbocycles. The molecule has 136 valence electrons. The highest BCUT2D eigenvalue weighted by atomic mass is 16.2. The quantitative estimate of drug-likeness (QED) is 0.748. The van der Waals surface area contributed by atoms with Crippen molar-refractivity contribution in [3.63, 3.8) is 0 Å². The Balaban J connectivity index is 1.81. The summed E-state index contributed by atoms with van der Waals surface area (Å²) in [5, 5.41) is 3.20. The molecule has 0 amide bonds. The van der Waals surface area contributed by atoms with Crippen molar-refractivity contribution in [2.75, 3.05) is 31.5 Å². The maximum atomic E-state index is 11.9. The number of hydrogen-bond donors (Lipinski definition) is 1. The fraction of sp³-hybridized carbons (Fsp3) is 0.474. The summed E-state index contributed by atoms with van der Waals surface area (Å²) < 4.78 is 2.57. The lowest BCUT2D eigenvalue weighted by molar-refractivity contribution is 0.295. The summed E-state index contributed by atoms with van der Waals surface area (Å²) in [5.74, 6) is 0.563. The van der Waals surface area contributed by atoms with Crippen molar-refractivity contribution in [1.29, 1.82) is 0 Å². The molecule has 0 fully saturated rings. The van der Waals surface area contributed by atoms with Crippen molar-refractivity contribution >= 4 is 5.82 Å². The molecule has 0 atom stereocenters. The van der Waals surface area contributed by atoms with E-state index in [-0.39, 0.29) is 11.2 Å². The molecule has 1 aromatic heterocycles. The van der Waals surface area contributed by atoms with E-state index in [0.717, 1.165) is 37.0 Å². The van der Waals surface area contributed by atoms with Crippen LogP contribution in [0, 0.1) is 0 Å². The van der Waals surface area contributed by atoms with E-state index >= 15 is 0 Å². The molecule has 0 aliphatic heterocycles. The van der Waals surface area contributed by atoms with Gasteiger partial charge in [-0.1, -0.05) is 37.3 Å². The van der Waals surface area contributed by atoms with Gasteiger partial charge in [0.05, 0.1) is 0 Å². The third-order valence-corrected chi connectivity index (χ3v) is 4.49. The number of anilines is 1. The Hall–Kier alpha value is -2.34. The molecule has 0 saturated carbocycles. The van der Waals surface area contributed by atoms with Gasteiger partial charge in [-0.25, -0.2) is 4.79 Å². The van der Waals surface area contributed by atoms with E-state index in [9.17, 15) is 9.59 Å². The summed E-state index contributed by atoms with van der Waals surface area (Å²) in [6, 6.07) is 12.0. The summed E-state index contributed by atoms with van der Waals surface area (Å²) >= 11 is 0. The first-order valence-corrected chi connectivity index (χ1v) is 8.80. The summed E-state index contributed by atoms with van der Waals surface area (Å²) in [6.07, 6.45) is 2.19. The van der Waals surface area contributed by atoms with E-state index in [1.807, 2.05) is 6.07 Å². The van der Waals surface area contributed by atoms with E-state index < -0.39 is 0 Å². The van der Waals surface area contributed by atoms with Gasteiger partial charge in [0.15, 0.2) is 0 Å². The second kappa shape index (κ2) is 9.22. The van der Waals surface area contributed by atoms with E-state index in [1.165, 1.54) is 23.2 Å². The Labute approximate surface area is 148 Å². The Bertz CT molecular complexity index is 780. The molecule has 0 aliphatic rings. The molecular formula is C19H28N4O2. The number of nitrogens with one attached hydrogen (secondary N) is 1. The third kappa shape index (κ3) is 5.32. The number of rotatable bonds is 9. The molecule has 1 aromatic carbocycles. The fourth-order valence-corrected chi connectivity index (χ4v) is 2.82. The van der Waals surface area contributed by atoms with Crippen LogP contribution < -0.4 is 16.6 Å². The fourth-order valence-electron chi connectivity index (χ4n) is 2.82. The smallest absolute Gasteiger partial charge is 0.332 e. The molecule has 0 spiro atoms. The van der Waals surface area contributed by atoms with E-state index in [2.05, 4.69) is 41.4 Å². The molecule has 2 rings (SSSR count). The molecule has 0 bridgehead atoms. The molecule has 25 heavy (non-hydrogen) atoms. The summed E-state index contributed by atoms with van der Waals surface area (Å²) in [5.41, 5.74) is 0.762. The standard InChI is InChI=1S/C19H28N4O2/c1-4-23(13-8-11-16-9-6-5-7-10-16)14-12-20-17-15-18(24)22(3)19(25)21(17)2/h5-7,9-10,15,20H,4,8,11-14H2,1-3H3. The van der Waals surface area contributed by atoms with E-state index in [0.29, 0.717) is 12.4 Å². The highest BCUT2D eigenvalue weighted by Gasteiger charge is 2.06. The molecule has 0 radical (unpaired) electrons. The van der Waals surface area contributed by atoms with Gasteiger partial charge in [-0.2, -0.15) is 0 Å². The van der Waals surface area contributed by atoms with Crippen LogP contribution in [0.15, 0.2) is 46.0 Å². The monoisotopic (exact) mass is 344 g/mol. The van der Waals surface area contributed by atoms with Crippen molar-refractivity contribution in [2.24, 2.45) is 14.1 Å². The van der Waals surface area contributed by atoms with Gasteiger partial charge in [-0.05, 0) is 31.5 Å². The molecule has 1 heterocycles. The van der Waals surface area contributed by atoms with Crippen molar-refractivity contribution in [2.45, 2.75) is 19.8 Å². The van der Waals surface area contributed by atoms with Gasteiger partial charge in [-0.15, -0.1) is 0 Å². The second-order valence-corrected chi connectivity index (χ2v) is 6.22. The van der Waals surface area contributed by atoms with Gasteiger partial charge in [-0.3, -0.25) is 13.9 Å². The van der Waals surface area contributed by atoms with Crippen LogP contribution in [-0.4, -0.2) is 40.2 Å². The number of hydrogen-bond acceptors (Lipinski definition) is 4. The largest absolute Gasteiger partial charge is 0.370 e. The van der Waals surface area contributed by atoms with Crippen molar-refractivity contribution < 1.29 is 0 Å². The Morgan fingerprint density at radius 3 is 2.44 bits per heavy atom. The van der Waals surface area contributed by atoms with Crippen LogP contribution in [0.3, 0.4) is 0 Å². The van der Waals surface area contributed by atoms with E-state index in [4.69, 9.17) is 0 Å². The lowest BCUT2D eigenvalue weighted by atomic mass is 10.1. The maximum absolute atomic E-state index is 11.9. The molecule has 2 aromatic rings. The Kier molecular flexibility index (Phi) is 7.01. The van der Waals surface area contributed by atoms with Crippen LogP contribution in [0.5, 0.6) is 0 Å². The van der Waals surface area contributed by atoms with Crippen LogP contribution in [0.2, 0.25) is 0 Å². The highest BCUT2D eigenvalue weighted by molar-refractivity contribution is 5.33. The minimum atomic E-state index is -0.315. The lowest BCUT2D eigenvalue weighted by Gasteiger charge is -2.21. The van der Waals surface area contributed by atoms with Crippen LogP contribution in [0.1, 0.15) is 18.9 Å². The molecule has 6 heteroatoms. The van der Waals surface area contributed by atoms with Gasteiger partial charge < -0.3 is 10.2 Å². The van der Waals surface area contributed by atoms with Crippen molar-refractivity contribution in [3.8, 4) is 0 Å². The average Bonchev–Trinajstić information content (AvgIpc) is 2.63. The first-order valence-electron chi connectivity index (χ1n) is 8.80. The SMILES string of the molecule is CCN(CCCc1ccccc1)CCNc1cc(=O)n(C)c(=O)n1C. The van der Waals surface area contributed by atoms with Crippen LogP contribution in [-0.2, 0) is 20.5 Å². The number of likely N-dealkylation sites (N-methyl/N-ethyl adjacent to an activating group) is 1. The third-order valence-electron chi connectivity index (χ3n) is 4.49. The summed E-state index contributed by atoms with van der Waals surface area (Å²) in [6.45, 7) is 5.72. The molecule has 6 nitrogen and oxygen atoms in total. The molecular weight excluding hydrogens is 316 g/mol. The number of nitrogens with zero attached hydrogens (tertiary/aromatic N) is 3. The van der Waals surface area contributed by atoms with Crippen LogP contribution in [0.25, 0.3) is 0 Å². The number of benzene rings is 1. The first-order chi connectivity index (χ1) is 12.0. The summed E-state index contributed by atoms with van der Waals surface area (Å²) in [7, 11) is 3.15. The zero-order valence-corrected chi connectivity index (χ0v) is 15.4. The van der Waals surface area contributed by atoms with Crippen molar-refractivity contribution in [3.05, 3.63) is 62.8 Å². The van der Waals surface area contributed by atoms with E-state index in [1.54, 1.807) is 7.05 Å². The predicted octanol–water partition coefficient (Wildman–Crippen LogP) is 1.45. The Morgan fingerprint density at radius 2 is 1.76 bits per heavy atom. The minimum Gasteiger partial charge on any atom is -0.370 e. The number of aryl methyl sites for hydroxylation is 1. The molecule has 0 unspecified atom stereocenters. The van der Waals surface area contributed by atoms with Gasteiger partial charge in [0.1, 0.15) is 5.82 Å². The van der Waals surface area contributed by atoms with Gasteiger partial charge in [0, 0.05) is 33.3 Å². The van der Waals surface area contributed by atoms with Crippen LogP contribution >= 0.6 is 0 Å². The van der Waals surface area contributed by atoms with Gasteiger partial charge >= 0.3 is 5.69 Å². The first kappa shape index (κ1) is 19.0. The van der Waals surface area contributed by atoms with Gasteiger partial charge in [0.25, 0.3) is 5.56 Å². The second-order valence-electron chi connectivity index (χ2n) is 6.22. The zero-order valence-electron chi connectivity index (χ0n) is 15.4. The minimum absolute atomic E-state index is 0.291. The Morgan fingerprint density at radius 1 is 1.04 bits per heavy atom. The molecule has 0 saturated heterocycles. The molecule has 1 N–H and O–H groups in total. The summed E-state index contributed by atoms with van der Waals surface area (Å²) in [4.78, 5) is 26.0. The lowest BCUT2D eigenvalue weighted by Crippen LogP contribution is -2.38. The number of aromatic nitrogens is 2. The topological polar surface area (TPSA) is 59.3 Å². The average molecular weight is 344 g/mol. The van der Waals surface area contributed by atoms with Gasteiger partial charge in [0.2, 0.25) is 0 Å².